The van der Waals surface area contributed by atoms with Crippen molar-refractivity contribution in [1.29, 1.82) is 0 Å². The third-order valence-corrected chi connectivity index (χ3v) is 3.08. The summed E-state index contributed by atoms with van der Waals surface area (Å²) >= 11 is 0. The summed E-state index contributed by atoms with van der Waals surface area (Å²) in [6.07, 6.45) is 0. The van der Waals surface area contributed by atoms with Gasteiger partial charge in [0, 0.05) is 5.56 Å². The molecule has 0 fully saturated rings. The number of carbonyl (C=O) groups is 3. The van der Waals surface area contributed by atoms with Gasteiger partial charge >= 0.3 is 5.97 Å². The molecule has 2 rings (SSSR count). The highest BCUT2D eigenvalue weighted by atomic mass is 16.5. The van der Waals surface area contributed by atoms with Gasteiger partial charge in [0.25, 0.3) is 11.8 Å². The average Bonchev–Trinajstić information content (AvgIpc) is 2.52. The van der Waals surface area contributed by atoms with Crippen molar-refractivity contribution in [2.75, 3.05) is 6.61 Å². The van der Waals surface area contributed by atoms with Crippen LogP contribution < -0.4 is 5.32 Å². The summed E-state index contributed by atoms with van der Waals surface area (Å²) in [7, 11) is 0. The lowest BCUT2D eigenvalue weighted by atomic mass is 10.1. The van der Waals surface area contributed by atoms with Crippen LogP contribution >= 0.6 is 0 Å². The van der Waals surface area contributed by atoms with Crippen LogP contribution in [0.1, 0.15) is 31.8 Å². The van der Waals surface area contributed by atoms with E-state index in [1.165, 1.54) is 0 Å². The molecule has 2 amide bonds. The number of rotatable bonds is 4. The van der Waals surface area contributed by atoms with Gasteiger partial charge in [-0.05, 0) is 38.1 Å². The molecule has 0 aliphatic rings. The summed E-state index contributed by atoms with van der Waals surface area (Å²) in [5.41, 5.74) is 2.60. The normalized spacial score (nSPS) is 10.0. The molecule has 0 spiro atoms. The number of nitrogens with one attached hydrogen (secondary N) is 1. The Morgan fingerprint density at radius 2 is 1.52 bits per heavy atom. The van der Waals surface area contributed by atoms with Gasteiger partial charge in [0.15, 0.2) is 6.61 Å². The lowest BCUT2D eigenvalue weighted by molar-refractivity contribution is -0.123. The van der Waals surface area contributed by atoms with Crippen molar-refractivity contribution in [3.8, 4) is 0 Å². The smallest absolute Gasteiger partial charge is 0.338 e. The first-order valence-electron chi connectivity index (χ1n) is 7.10. The Balaban J connectivity index is 1.89. The highest BCUT2D eigenvalue weighted by Crippen LogP contribution is 2.10. The van der Waals surface area contributed by atoms with Crippen LogP contribution in [-0.2, 0) is 9.53 Å². The van der Waals surface area contributed by atoms with Crippen molar-refractivity contribution >= 4 is 17.8 Å². The number of carbonyl (C=O) groups excluding carboxylic acids is 3. The molecule has 1 N–H and O–H groups in total. The number of aryl methyl sites for hydroxylation is 2. The number of imide groups is 1. The zero-order valence-electron chi connectivity index (χ0n) is 13.0. The van der Waals surface area contributed by atoms with Gasteiger partial charge in [-0.3, -0.25) is 14.9 Å². The van der Waals surface area contributed by atoms with Crippen LogP contribution in [0.2, 0.25) is 0 Å². The van der Waals surface area contributed by atoms with Crippen molar-refractivity contribution in [2.24, 2.45) is 0 Å². The summed E-state index contributed by atoms with van der Waals surface area (Å²) in [4.78, 5) is 35.4. The van der Waals surface area contributed by atoms with Gasteiger partial charge in [-0.1, -0.05) is 35.4 Å². The Morgan fingerprint density at radius 3 is 2.13 bits per heavy atom. The molecule has 0 aromatic heterocycles. The van der Waals surface area contributed by atoms with Crippen molar-refractivity contribution in [1.82, 2.24) is 5.32 Å². The van der Waals surface area contributed by atoms with Crippen LogP contribution in [0, 0.1) is 13.8 Å². The zero-order chi connectivity index (χ0) is 16.8. The Labute approximate surface area is 134 Å². The number of ether oxygens (including phenoxy) is 1. The summed E-state index contributed by atoms with van der Waals surface area (Å²) in [5, 5.41) is 2.17. The molecule has 0 atom stereocenters. The second-order valence-electron chi connectivity index (χ2n) is 5.20. The monoisotopic (exact) mass is 311 g/mol. The van der Waals surface area contributed by atoms with E-state index in [9.17, 15) is 14.4 Å². The number of hydrogen-bond donors (Lipinski definition) is 1. The van der Waals surface area contributed by atoms with Gasteiger partial charge < -0.3 is 4.74 Å². The number of esters is 1. The van der Waals surface area contributed by atoms with Gasteiger partial charge in [0.2, 0.25) is 0 Å². The van der Waals surface area contributed by atoms with E-state index in [1.54, 1.807) is 42.5 Å². The minimum atomic E-state index is -0.670. The predicted molar refractivity (Wildman–Crippen MR) is 85.1 cm³/mol. The largest absolute Gasteiger partial charge is 0.452 e. The fraction of sp³-hybridized carbons (Fsp3) is 0.167. The van der Waals surface area contributed by atoms with E-state index in [0.29, 0.717) is 11.1 Å². The van der Waals surface area contributed by atoms with E-state index >= 15 is 0 Å². The first-order chi connectivity index (χ1) is 11.0. The molecule has 0 saturated carbocycles. The summed E-state index contributed by atoms with van der Waals surface area (Å²) in [6.45, 7) is 3.23. The van der Waals surface area contributed by atoms with E-state index in [1.807, 2.05) is 19.9 Å². The highest BCUT2D eigenvalue weighted by molar-refractivity contribution is 6.05. The molecule has 0 aliphatic heterocycles. The third-order valence-electron chi connectivity index (χ3n) is 3.08. The molecule has 118 valence electrons. The van der Waals surface area contributed by atoms with Crippen LogP contribution in [0.4, 0.5) is 0 Å². The van der Waals surface area contributed by atoms with Crippen LogP contribution in [0.5, 0.6) is 0 Å². The standard InChI is InChI=1S/C18H17NO4/c1-12-8-13(2)10-15(9-12)18(22)23-11-16(20)19-17(21)14-6-4-3-5-7-14/h3-10H,11H2,1-2H3,(H,19,20,21). The van der Waals surface area contributed by atoms with Crippen molar-refractivity contribution in [3.63, 3.8) is 0 Å². The van der Waals surface area contributed by atoms with E-state index in [0.717, 1.165) is 11.1 Å². The second-order valence-corrected chi connectivity index (χ2v) is 5.20. The van der Waals surface area contributed by atoms with Gasteiger partial charge in [-0.15, -0.1) is 0 Å². The maximum Gasteiger partial charge on any atom is 0.338 e. The van der Waals surface area contributed by atoms with Crippen LogP contribution in [0.15, 0.2) is 48.5 Å². The van der Waals surface area contributed by atoms with E-state index in [4.69, 9.17) is 4.74 Å². The highest BCUT2D eigenvalue weighted by Gasteiger charge is 2.14. The van der Waals surface area contributed by atoms with Crippen LogP contribution in [0.3, 0.4) is 0 Å². The third kappa shape index (κ3) is 4.78. The second kappa shape index (κ2) is 7.35. The molecule has 0 saturated heterocycles. The molecule has 0 radical (unpaired) electrons. The zero-order valence-corrected chi connectivity index (χ0v) is 13.0. The van der Waals surface area contributed by atoms with Crippen LogP contribution in [-0.4, -0.2) is 24.4 Å². The van der Waals surface area contributed by atoms with Gasteiger partial charge in [-0.25, -0.2) is 4.79 Å². The maximum absolute atomic E-state index is 11.9. The lowest BCUT2D eigenvalue weighted by Gasteiger charge is -2.07. The summed E-state index contributed by atoms with van der Waals surface area (Å²) in [5.74, 6) is -1.80. The molecule has 0 heterocycles. The lowest BCUT2D eigenvalue weighted by Crippen LogP contribution is -2.34. The number of hydrogen-bond acceptors (Lipinski definition) is 4. The average molecular weight is 311 g/mol. The Morgan fingerprint density at radius 1 is 0.913 bits per heavy atom. The molecular weight excluding hydrogens is 294 g/mol. The maximum atomic E-state index is 11.9. The first kappa shape index (κ1) is 16.4. The Kier molecular flexibility index (Phi) is 5.25. The molecule has 5 heteroatoms. The van der Waals surface area contributed by atoms with Crippen LogP contribution in [0.25, 0.3) is 0 Å². The van der Waals surface area contributed by atoms with Crippen molar-refractivity contribution < 1.29 is 19.1 Å². The molecule has 0 unspecified atom stereocenters. The summed E-state index contributed by atoms with van der Waals surface area (Å²) < 4.78 is 4.93. The minimum absolute atomic E-state index is 0.362. The van der Waals surface area contributed by atoms with Crippen molar-refractivity contribution in [2.45, 2.75) is 13.8 Å². The molecular formula is C18H17NO4. The molecule has 5 nitrogen and oxygen atoms in total. The summed E-state index contributed by atoms with van der Waals surface area (Å²) in [6, 6.07) is 13.6. The topological polar surface area (TPSA) is 72.5 Å². The minimum Gasteiger partial charge on any atom is -0.452 e. The van der Waals surface area contributed by atoms with Crippen molar-refractivity contribution in [3.05, 3.63) is 70.8 Å². The van der Waals surface area contributed by atoms with Gasteiger partial charge in [0.05, 0.1) is 5.56 Å². The Hall–Kier alpha value is -2.95. The fourth-order valence-electron chi connectivity index (χ4n) is 2.13. The number of benzene rings is 2. The first-order valence-corrected chi connectivity index (χ1v) is 7.10. The molecule has 0 bridgehead atoms. The van der Waals surface area contributed by atoms with Gasteiger partial charge in [0.1, 0.15) is 0 Å². The van der Waals surface area contributed by atoms with E-state index in [-0.39, 0.29) is 0 Å². The number of amides is 2. The molecule has 2 aromatic rings. The van der Waals surface area contributed by atoms with Gasteiger partial charge in [-0.2, -0.15) is 0 Å². The molecule has 0 aliphatic carbocycles. The molecule has 23 heavy (non-hydrogen) atoms. The SMILES string of the molecule is Cc1cc(C)cc(C(=O)OCC(=O)NC(=O)c2ccccc2)c1. The van der Waals surface area contributed by atoms with E-state index < -0.39 is 24.4 Å². The quantitative estimate of drug-likeness (QED) is 0.880. The fourth-order valence-corrected chi connectivity index (χ4v) is 2.13. The molecule has 2 aromatic carbocycles. The Bertz CT molecular complexity index is 718. The van der Waals surface area contributed by atoms with E-state index in [2.05, 4.69) is 5.32 Å². The predicted octanol–water partition coefficient (Wildman–Crippen LogP) is 2.42.